The predicted octanol–water partition coefficient (Wildman–Crippen LogP) is 3.20. The molecule has 0 saturated carbocycles. The van der Waals surface area contributed by atoms with Crippen LogP contribution in [0.3, 0.4) is 0 Å². The van der Waals surface area contributed by atoms with Crippen molar-refractivity contribution in [3.63, 3.8) is 0 Å². The number of para-hydroxylation sites is 1. The van der Waals surface area contributed by atoms with Crippen LogP contribution < -0.4 is 9.46 Å². The molecule has 7 heteroatoms. The van der Waals surface area contributed by atoms with Crippen LogP contribution in [0.15, 0.2) is 51.9 Å². The maximum atomic E-state index is 12.7. The Labute approximate surface area is 134 Å². The first-order valence-corrected chi connectivity index (χ1v) is 8.57. The molecule has 0 aliphatic carbocycles. The Morgan fingerprint density at radius 1 is 1.22 bits per heavy atom. The number of anilines is 1. The average molecular weight is 332 g/mol. The van der Waals surface area contributed by atoms with E-state index in [0.717, 1.165) is 12.0 Å². The van der Waals surface area contributed by atoms with Crippen molar-refractivity contribution in [2.24, 2.45) is 0 Å². The number of aryl methyl sites for hydroxylation is 1. The summed E-state index contributed by atoms with van der Waals surface area (Å²) in [5, 5.41) is 4.40. The fourth-order valence-corrected chi connectivity index (χ4v) is 3.53. The van der Waals surface area contributed by atoms with Crippen LogP contribution >= 0.6 is 0 Å². The summed E-state index contributed by atoms with van der Waals surface area (Å²) in [4.78, 5) is 0.0754. The number of nitrogens with one attached hydrogen (secondary N) is 1. The molecule has 0 fully saturated rings. The van der Waals surface area contributed by atoms with Crippen molar-refractivity contribution < 1.29 is 17.7 Å². The van der Waals surface area contributed by atoms with Gasteiger partial charge in [0, 0.05) is 0 Å². The molecule has 0 unspecified atom stereocenters. The number of nitrogens with zero attached hydrogens (tertiary/aromatic N) is 1. The summed E-state index contributed by atoms with van der Waals surface area (Å²) in [6.45, 7) is 1.96. The Bertz CT molecular complexity index is 948. The molecule has 2 aromatic carbocycles. The van der Waals surface area contributed by atoms with E-state index in [9.17, 15) is 8.42 Å². The number of benzene rings is 2. The summed E-state index contributed by atoms with van der Waals surface area (Å²) >= 11 is 0. The first kappa shape index (κ1) is 15.4. The molecule has 23 heavy (non-hydrogen) atoms. The van der Waals surface area contributed by atoms with E-state index >= 15 is 0 Å². The zero-order valence-electron chi connectivity index (χ0n) is 12.7. The van der Waals surface area contributed by atoms with Gasteiger partial charge in [-0.2, -0.15) is 0 Å². The smallest absolute Gasteiger partial charge is 0.266 e. The minimum atomic E-state index is -3.85. The number of rotatable bonds is 5. The Morgan fingerprint density at radius 2 is 2.00 bits per heavy atom. The topological polar surface area (TPSA) is 81.4 Å². The van der Waals surface area contributed by atoms with Crippen LogP contribution in [-0.2, 0) is 16.4 Å². The highest BCUT2D eigenvalue weighted by Gasteiger charge is 2.22. The lowest BCUT2D eigenvalue weighted by molar-refractivity contribution is 0.402. The van der Waals surface area contributed by atoms with E-state index in [1.807, 2.05) is 13.0 Å². The van der Waals surface area contributed by atoms with Gasteiger partial charge >= 0.3 is 0 Å². The fourth-order valence-electron chi connectivity index (χ4n) is 2.29. The molecule has 0 bridgehead atoms. The molecule has 120 valence electrons. The molecule has 0 aliphatic heterocycles. The van der Waals surface area contributed by atoms with Crippen LogP contribution in [0.25, 0.3) is 11.0 Å². The van der Waals surface area contributed by atoms with Crippen LogP contribution in [-0.4, -0.2) is 20.7 Å². The van der Waals surface area contributed by atoms with Crippen LogP contribution in [0.1, 0.15) is 12.5 Å². The number of hydrogen-bond acceptors (Lipinski definition) is 5. The van der Waals surface area contributed by atoms with Gasteiger partial charge in [0.05, 0.1) is 12.5 Å². The molecule has 0 aliphatic rings. The van der Waals surface area contributed by atoms with E-state index in [1.54, 1.807) is 36.4 Å². The van der Waals surface area contributed by atoms with Crippen LogP contribution in [0.4, 0.5) is 5.82 Å². The highest BCUT2D eigenvalue weighted by Crippen LogP contribution is 2.29. The summed E-state index contributed by atoms with van der Waals surface area (Å²) in [5.74, 6) is 0.437. The van der Waals surface area contributed by atoms with Crippen molar-refractivity contribution in [3.05, 3.63) is 48.0 Å². The number of fused-ring (bicyclic) bond motifs is 1. The van der Waals surface area contributed by atoms with E-state index < -0.39 is 10.0 Å². The van der Waals surface area contributed by atoms with Gasteiger partial charge in [-0.05, 0) is 36.2 Å². The lowest BCUT2D eigenvalue weighted by Gasteiger charge is -2.11. The van der Waals surface area contributed by atoms with Crippen molar-refractivity contribution >= 4 is 26.8 Å². The van der Waals surface area contributed by atoms with E-state index in [4.69, 9.17) is 9.26 Å². The highest BCUT2D eigenvalue weighted by molar-refractivity contribution is 7.92. The molecule has 6 nitrogen and oxygen atoms in total. The molecule has 1 heterocycles. The monoisotopic (exact) mass is 332 g/mol. The van der Waals surface area contributed by atoms with Gasteiger partial charge < -0.3 is 9.26 Å². The zero-order valence-corrected chi connectivity index (χ0v) is 13.6. The van der Waals surface area contributed by atoms with Gasteiger partial charge in [0.15, 0.2) is 11.4 Å². The number of hydrogen-bond donors (Lipinski definition) is 1. The van der Waals surface area contributed by atoms with Gasteiger partial charge in [-0.3, -0.25) is 4.72 Å². The largest absolute Gasteiger partial charge is 0.495 e. The SMILES string of the molecule is CCc1ccc(OC)c(S(=O)(=O)Nc2noc3ccccc23)c1. The molecule has 1 aromatic heterocycles. The zero-order chi connectivity index (χ0) is 16.4. The minimum Gasteiger partial charge on any atom is -0.495 e. The average Bonchev–Trinajstić information content (AvgIpc) is 2.97. The standard InChI is InChI=1S/C16H16N2O4S/c1-3-11-8-9-14(21-2)15(10-11)23(19,20)18-16-12-6-4-5-7-13(12)22-17-16/h4-10H,3H2,1-2H3,(H,17,18). The Kier molecular flexibility index (Phi) is 3.96. The van der Waals surface area contributed by atoms with Gasteiger partial charge in [-0.1, -0.05) is 30.3 Å². The van der Waals surface area contributed by atoms with Crippen molar-refractivity contribution in [2.45, 2.75) is 18.2 Å². The van der Waals surface area contributed by atoms with Crippen molar-refractivity contribution in [1.82, 2.24) is 5.16 Å². The van der Waals surface area contributed by atoms with Crippen LogP contribution in [0.2, 0.25) is 0 Å². The maximum absolute atomic E-state index is 12.7. The molecule has 0 amide bonds. The van der Waals surface area contributed by atoms with E-state index in [1.165, 1.54) is 7.11 Å². The van der Waals surface area contributed by atoms with Crippen molar-refractivity contribution in [3.8, 4) is 5.75 Å². The number of ether oxygens (including phenoxy) is 1. The third-order valence-electron chi connectivity index (χ3n) is 3.53. The van der Waals surface area contributed by atoms with E-state index in [2.05, 4.69) is 9.88 Å². The second-order valence-electron chi connectivity index (χ2n) is 4.97. The molecular weight excluding hydrogens is 316 g/mol. The van der Waals surface area contributed by atoms with E-state index in [-0.39, 0.29) is 16.5 Å². The summed E-state index contributed by atoms with van der Waals surface area (Å²) in [5.41, 5.74) is 1.41. The van der Waals surface area contributed by atoms with Gasteiger partial charge in [0.1, 0.15) is 10.6 Å². The summed E-state index contributed by atoms with van der Waals surface area (Å²) in [6, 6.07) is 12.1. The lowest BCUT2D eigenvalue weighted by atomic mass is 10.2. The third-order valence-corrected chi connectivity index (χ3v) is 4.89. The van der Waals surface area contributed by atoms with Gasteiger partial charge in [0.2, 0.25) is 0 Å². The molecule has 0 spiro atoms. The number of aromatic nitrogens is 1. The van der Waals surface area contributed by atoms with Gasteiger partial charge in [-0.15, -0.1) is 0 Å². The highest BCUT2D eigenvalue weighted by atomic mass is 32.2. The normalized spacial score (nSPS) is 11.6. The molecule has 0 atom stereocenters. The fraction of sp³-hybridized carbons (Fsp3) is 0.188. The first-order valence-electron chi connectivity index (χ1n) is 7.09. The summed E-state index contributed by atoms with van der Waals surface area (Å²) in [6.07, 6.45) is 0.722. The second-order valence-corrected chi connectivity index (χ2v) is 6.62. The lowest BCUT2D eigenvalue weighted by Crippen LogP contribution is -2.15. The molecule has 3 aromatic rings. The van der Waals surface area contributed by atoms with Crippen LogP contribution in [0.5, 0.6) is 5.75 Å². The van der Waals surface area contributed by atoms with Gasteiger partial charge in [-0.25, -0.2) is 8.42 Å². The molecule has 1 N–H and O–H groups in total. The predicted molar refractivity (Wildman–Crippen MR) is 87.2 cm³/mol. The Morgan fingerprint density at radius 3 is 2.74 bits per heavy atom. The third kappa shape index (κ3) is 2.87. The first-order chi connectivity index (χ1) is 11.0. The van der Waals surface area contributed by atoms with Crippen molar-refractivity contribution in [1.29, 1.82) is 0 Å². The molecular formula is C16H16N2O4S. The van der Waals surface area contributed by atoms with Crippen LogP contribution in [0, 0.1) is 0 Å². The van der Waals surface area contributed by atoms with Gasteiger partial charge in [0.25, 0.3) is 10.0 Å². The second kappa shape index (κ2) is 5.92. The Hall–Kier alpha value is -2.54. The number of sulfonamides is 1. The molecule has 3 rings (SSSR count). The molecule has 0 radical (unpaired) electrons. The minimum absolute atomic E-state index is 0.0754. The number of methoxy groups -OCH3 is 1. The quantitative estimate of drug-likeness (QED) is 0.776. The summed E-state index contributed by atoms with van der Waals surface area (Å²) in [7, 11) is -2.41. The Balaban J connectivity index is 2.05. The molecule has 0 saturated heterocycles. The summed E-state index contributed by atoms with van der Waals surface area (Å²) < 4.78 is 38.2. The van der Waals surface area contributed by atoms with Crippen molar-refractivity contribution in [2.75, 3.05) is 11.8 Å². The van der Waals surface area contributed by atoms with E-state index in [0.29, 0.717) is 11.0 Å². The maximum Gasteiger partial charge on any atom is 0.266 e.